The van der Waals surface area contributed by atoms with Crippen molar-refractivity contribution in [3.63, 3.8) is 0 Å². The molecule has 94 valence electrons. The summed E-state index contributed by atoms with van der Waals surface area (Å²) in [6.45, 7) is 0.824. The van der Waals surface area contributed by atoms with E-state index in [0.29, 0.717) is 0 Å². The molecule has 0 saturated carbocycles. The summed E-state index contributed by atoms with van der Waals surface area (Å²) in [4.78, 5) is 0. The normalized spacial score (nSPS) is 21.1. The van der Waals surface area contributed by atoms with Gasteiger partial charge in [-0.25, -0.2) is 0 Å². The van der Waals surface area contributed by atoms with Crippen LogP contribution < -0.4 is 5.73 Å². The van der Waals surface area contributed by atoms with Gasteiger partial charge in [-0.3, -0.25) is 0 Å². The standard InChI is InChI=1S/C13H15N3OS/c14-11(9-5-2-1-3-6-9)13-16-15-12(18-13)10-7-4-8-17-10/h1-3,5-6,10-11H,4,7-8,14H2. The minimum Gasteiger partial charge on any atom is -0.371 e. The van der Waals surface area contributed by atoms with Gasteiger partial charge in [0.15, 0.2) is 0 Å². The monoisotopic (exact) mass is 261 g/mol. The SMILES string of the molecule is NC(c1ccccc1)c1nnc(C2CCCO2)s1. The fourth-order valence-corrected chi connectivity index (χ4v) is 3.04. The van der Waals surface area contributed by atoms with Crippen molar-refractivity contribution >= 4 is 11.3 Å². The maximum Gasteiger partial charge on any atom is 0.146 e. The van der Waals surface area contributed by atoms with Crippen molar-refractivity contribution in [2.45, 2.75) is 25.0 Å². The quantitative estimate of drug-likeness (QED) is 0.921. The van der Waals surface area contributed by atoms with Crippen LogP contribution in [0, 0.1) is 0 Å². The highest BCUT2D eigenvalue weighted by atomic mass is 32.1. The highest BCUT2D eigenvalue weighted by Crippen LogP contribution is 2.32. The third-order valence-electron chi connectivity index (χ3n) is 3.09. The van der Waals surface area contributed by atoms with Crippen molar-refractivity contribution < 1.29 is 4.74 Å². The van der Waals surface area contributed by atoms with E-state index in [4.69, 9.17) is 10.5 Å². The van der Waals surface area contributed by atoms with Gasteiger partial charge in [-0.05, 0) is 18.4 Å². The van der Waals surface area contributed by atoms with E-state index < -0.39 is 0 Å². The second-order valence-corrected chi connectivity index (χ2v) is 5.41. The number of ether oxygens (including phenoxy) is 1. The average Bonchev–Trinajstić information content (AvgIpc) is 3.09. The van der Waals surface area contributed by atoms with Gasteiger partial charge in [0, 0.05) is 6.61 Å². The van der Waals surface area contributed by atoms with Gasteiger partial charge < -0.3 is 10.5 Å². The Bertz CT molecular complexity index is 508. The number of rotatable bonds is 3. The summed E-state index contributed by atoms with van der Waals surface area (Å²) in [6.07, 6.45) is 2.26. The lowest BCUT2D eigenvalue weighted by Crippen LogP contribution is -2.11. The first-order valence-corrected chi connectivity index (χ1v) is 6.91. The third kappa shape index (κ3) is 2.29. The summed E-state index contributed by atoms with van der Waals surface area (Å²) in [5, 5.41) is 10.2. The predicted molar refractivity (Wildman–Crippen MR) is 70.3 cm³/mol. The predicted octanol–water partition coefficient (Wildman–Crippen LogP) is 2.44. The Kier molecular flexibility index (Phi) is 3.36. The lowest BCUT2D eigenvalue weighted by atomic mass is 10.1. The van der Waals surface area contributed by atoms with Crippen molar-refractivity contribution in [2.75, 3.05) is 6.61 Å². The summed E-state index contributed by atoms with van der Waals surface area (Å²) in [6, 6.07) is 9.77. The number of benzene rings is 1. The van der Waals surface area contributed by atoms with E-state index >= 15 is 0 Å². The molecule has 2 aromatic rings. The lowest BCUT2D eigenvalue weighted by Gasteiger charge is -2.07. The molecule has 2 heterocycles. The largest absolute Gasteiger partial charge is 0.371 e. The third-order valence-corrected chi connectivity index (χ3v) is 4.18. The summed E-state index contributed by atoms with van der Waals surface area (Å²) in [5.41, 5.74) is 7.26. The molecule has 0 spiro atoms. The summed E-state index contributed by atoms with van der Waals surface area (Å²) in [5.74, 6) is 0. The minimum absolute atomic E-state index is 0.124. The molecule has 1 aromatic heterocycles. The van der Waals surface area contributed by atoms with Gasteiger partial charge in [0.25, 0.3) is 0 Å². The van der Waals surface area contributed by atoms with Crippen LogP contribution in [0.5, 0.6) is 0 Å². The smallest absolute Gasteiger partial charge is 0.146 e. The first kappa shape index (κ1) is 11.8. The van der Waals surface area contributed by atoms with E-state index in [1.54, 1.807) is 11.3 Å². The van der Waals surface area contributed by atoms with Crippen molar-refractivity contribution in [1.82, 2.24) is 10.2 Å². The van der Waals surface area contributed by atoms with Crippen LogP contribution in [0.1, 0.15) is 40.6 Å². The number of hydrogen-bond acceptors (Lipinski definition) is 5. The zero-order valence-electron chi connectivity index (χ0n) is 9.95. The Morgan fingerprint density at radius 2 is 2.11 bits per heavy atom. The molecule has 2 atom stereocenters. The van der Waals surface area contributed by atoms with Gasteiger partial charge in [-0.15, -0.1) is 10.2 Å². The molecule has 2 N–H and O–H groups in total. The molecule has 1 aliphatic heterocycles. The molecule has 3 rings (SSSR count). The molecule has 0 aliphatic carbocycles. The highest BCUT2D eigenvalue weighted by Gasteiger charge is 2.23. The Morgan fingerprint density at radius 3 is 2.83 bits per heavy atom. The van der Waals surface area contributed by atoms with Crippen molar-refractivity contribution in [2.24, 2.45) is 5.73 Å². The van der Waals surface area contributed by atoms with Crippen molar-refractivity contribution in [3.8, 4) is 0 Å². The lowest BCUT2D eigenvalue weighted by molar-refractivity contribution is 0.111. The number of aromatic nitrogens is 2. The van der Waals surface area contributed by atoms with E-state index in [-0.39, 0.29) is 12.1 Å². The Labute approximate surface area is 110 Å². The molecule has 1 aromatic carbocycles. The molecule has 1 fully saturated rings. The summed E-state index contributed by atoms with van der Waals surface area (Å²) in [7, 11) is 0. The van der Waals surface area contributed by atoms with Gasteiger partial charge in [0.1, 0.15) is 16.1 Å². The molecule has 0 bridgehead atoms. The van der Waals surface area contributed by atoms with Gasteiger partial charge in [-0.2, -0.15) is 0 Å². The second kappa shape index (κ2) is 5.14. The molecular formula is C13H15N3OS. The number of hydrogen-bond donors (Lipinski definition) is 1. The minimum atomic E-state index is -0.196. The van der Waals surface area contributed by atoms with Crippen LogP contribution in [0.4, 0.5) is 0 Å². The first-order chi connectivity index (χ1) is 8.84. The molecule has 5 heteroatoms. The molecule has 1 saturated heterocycles. The van der Waals surface area contributed by atoms with Crippen molar-refractivity contribution in [1.29, 1.82) is 0 Å². The van der Waals surface area contributed by atoms with Crippen LogP contribution in [0.2, 0.25) is 0 Å². The highest BCUT2D eigenvalue weighted by molar-refractivity contribution is 7.11. The first-order valence-electron chi connectivity index (χ1n) is 6.10. The van der Waals surface area contributed by atoms with E-state index in [1.165, 1.54) is 0 Å². The Balaban J connectivity index is 1.80. The molecule has 0 radical (unpaired) electrons. The van der Waals surface area contributed by atoms with E-state index in [0.717, 1.165) is 35.0 Å². The van der Waals surface area contributed by atoms with Crippen LogP contribution in [-0.4, -0.2) is 16.8 Å². The molecule has 18 heavy (non-hydrogen) atoms. The fourth-order valence-electron chi connectivity index (χ4n) is 2.08. The number of nitrogens with two attached hydrogens (primary N) is 1. The van der Waals surface area contributed by atoms with E-state index in [2.05, 4.69) is 10.2 Å². The molecule has 2 unspecified atom stereocenters. The molecule has 1 aliphatic rings. The Hall–Kier alpha value is -1.30. The van der Waals surface area contributed by atoms with Crippen LogP contribution in [-0.2, 0) is 4.74 Å². The van der Waals surface area contributed by atoms with Crippen LogP contribution in [0.25, 0.3) is 0 Å². The van der Waals surface area contributed by atoms with E-state index in [9.17, 15) is 0 Å². The van der Waals surface area contributed by atoms with Gasteiger partial charge in [-0.1, -0.05) is 41.7 Å². The zero-order chi connectivity index (χ0) is 12.4. The van der Waals surface area contributed by atoms with Crippen LogP contribution >= 0.6 is 11.3 Å². The van der Waals surface area contributed by atoms with Gasteiger partial charge in [0.2, 0.25) is 0 Å². The fraction of sp³-hybridized carbons (Fsp3) is 0.385. The number of nitrogens with zero attached hydrogens (tertiary/aromatic N) is 2. The molecular weight excluding hydrogens is 246 g/mol. The molecule has 4 nitrogen and oxygen atoms in total. The van der Waals surface area contributed by atoms with Crippen LogP contribution in [0.15, 0.2) is 30.3 Å². The topological polar surface area (TPSA) is 61.0 Å². The Morgan fingerprint density at radius 1 is 1.28 bits per heavy atom. The second-order valence-electron chi connectivity index (χ2n) is 4.37. The van der Waals surface area contributed by atoms with Gasteiger partial charge >= 0.3 is 0 Å². The summed E-state index contributed by atoms with van der Waals surface area (Å²) >= 11 is 1.56. The average molecular weight is 261 g/mol. The van der Waals surface area contributed by atoms with E-state index in [1.807, 2.05) is 30.3 Å². The molecule has 0 amide bonds. The maximum absolute atomic E-state index is 6.20. The van der Waals surface area contributed by atoms with Gasteiger partial charge in [0.05, 0.1) is 6.04 Å². The summed E-state index contributed by atoms with van der Waals surface area (Å²) < 4.78 is 5.60. The maximum atomic E-state index is 6.20. The zero-order valence-corrected chi connectivity index (χ0v) is 10.8. The van der Waals surface area contributed by atoms with Crippen molar-refractivity contribution in [3.05, 3.63) is 45.9 Å². The van der Waals surface area contributed by atoms with Crippen LogP contribution in [0.3, 0.4) is 0 Å².